The van der Waals surface area contributed by atoms with E-state index >= 15 is 0 Å². The van der Waals surface area contributed by atoms with Crippen LogP contribution in [-0.4, -0.2) is 16.6 Å². The second-order valence-corrected chi connectivity index (χ2v) is 4.29. The third-order valence-corrected chi connectivity index (χ3v) is 2.82. The fourth-order valence-corrected chi connectivity index (χ4v) is 1.93. The first kappa shape index (κ1) is 13.6. The van der Waals surface area contributed by atoms with Crippen LogP contribution in [0.5, 0.6) is 5.88 Å². The Hall–Kier alpha value is -1.81. The number of nitrogens with one attached hydrogen (secondary N) is 1. The highest BCUT2D eigenvalue weighted by Gasteiger charge is 2.06. The highest BCUT2D eigenvalue weighted by molar-refractivity contribution is 6.17. The van der Waals surface area contributed by atoms with Crippen molar-refractivity contribution in [2.75, 3.05) is 11.9 Å². The lowest BCUT2D eigenvalue weighted by atomic mass is 10.2. The molecule has 2 aromatic rings. The first-order valence-corrected chi connectivity index (χ1v) is 6.65. The standard InChI is InChI=1S/C14H16ClN3O/c1-3-19-13-8-10(2)16-14(18-13)17-12-7-5-4-6-11(12)9-15/h4-8H,3,9H2,1-2H3,(H,16,17,18). The SMILES string of the molecule is CCOc1cc(C)nc(Nc2ccccc2CCl)n1. The number of aryl methyl sites for hydroxylation is 1. The molecule has 5 heteroatoms. The van der Waals surface area contributed by atoms with Crippen molar-refractivity contribution >= 4 is 23.2 Å². The Balaban J connectivity index is 2.27. The molecular formula is C14H16ClN3O. The number of rotatable bonds is 5. The third-order valence-electron chi connectivity index (χ3n) is 2.53. The van der Waals surface area contributed by atoms with E-state index in [0.717, 1.165) is 16.9 Å². The van der Waals surface area contributed by atoms with Crippen LogP contribution in [0.1, 0.15) is 18.2 Å². The Kier molecular flexibility index (Phi) is 4.58. The smallest absolute Gasteiger partial charge is 0.230 e. The molecule has 0 unspecified atom stereocenters. The number of alkyl halides is 1. The summed E-state index contributed by atoms with van der Waals surface area (Å²) in [6.07, 6.45) is 0. The molecule has 0 radical (unpaired) electrons. The zero-order chi connectivity index (χ0) is 13.7. The Labute approximate surface area is 117 Å². The lowest BCUT2D eigenvalue weighted by Crippen LogP contribution is -2.03. The van der Waals surface area contributed by atoms with Crippen LogP contribution in [0.3, 0.4) is 0 Å². The quantitative estimate of drug-likeness (QED) is 0.847. The van der Waals surface area contributed by atoms with Gasteiger partial charge in [0, 0.05) is 23.3 Å². The molecule has 0 bridgehead atoms. The van der Waals surface area contributed by atoms with Gasteiger partial charge in [-0.05, 0) is 25.5 Å². The van der Waals surface area contributed by atoms with Gasteiger partial charge < -0.3 is 10.1 Å². The van der Waals surface area contributed by atoms with E-state index < -0.39 is 0 Å². The zero-order valence-corrected chi connectivity index (χ0v) is 11.7. The average molecular weight is 278 g/mol. The molecule has 0 aliphatic carbocycles. The van der Waals surface area contributed by atoms with Gasteiger partial charge in [-0.3, -0.25) is 0 Å². The summed E-state index contributed by atoms with van der Waals surface area (Å²) in [7, 11) is 0. The Bertz CT molecular complexity index is 560. The van der Waals surface area contributed by atoms with Crippen LogP contribution in [0.2, 0.25) is 0 Å². The lowest BCUT2D eigenvalue weighted by molar-refractivity contribution is 0.326. The van der Waals surface area contributed by atoms with E-state index in [9.17, 15) is 0 Å². The molecule has 1 aromatic carbocycles. The number of anilines is 2. The predicted octanol–water partition coefficient (Wildman–Crippen LogP) is 3.67. The maximum Gasteiger partial charge on any atom is 0.230 e. The van der Waals surface area contributed by atoms with Gasteiger partial charge in [0.05, 0.1) is 6.61 Å². The van der Waals surface area contributed by atoms with E-state index in [0.29, 0.717) is 24.3 Å². The van der Waals surface area contributed by atoms with Gasteiger partial charge in [-0.1, -0.05) is 18.2 Å². The van der Waals surface area contributed by atoms with Crippen molar-refractivity contribution in [2.45, 2.75) is 19.7 Å². The van der Waals surface area contributed by atoms with Crippen LogP contribution in [0.25, 0.3) is 0 Å². The summed E-state index contributed by atoms with van der Waals surface area (Å²) >= 11 is 5.91. The second-order valence-electron chi connectivity index (χ2n) is 4.02. The molecule has 0 aliphatic heterocycles. The molecule has 1 heterocycles. The topological polar surface area (TPSA) is 47.0 Å². The highest BCUT2D eigenvalue weighted by Crippen LogP contribution is 2.21. The van der Waals surface area contributed by atoms with Crippen molar-refractivity contribution in [3.63, 3.8) is 0 Å². The Morgan fingerprint density at radius 2 is 2.05 bits per heavy atom. The fraction of sp³-hybridized carbons (Fsp3) is 0.286. The molecule has 100 valence electrons. The maximum atomic E-state index is 5.91. The number of hydrogen-bond donors (Lipinski definition) is 1. The summed E-state index contributed by atoms with van der Waals surface area (Å²) in [5.41, 5.74) is 2.77. The van der Waals surface area contributed by atoms with Crippen molar-refractivity contribution < 1.29 is 4.74 Å². The summed E-state index contributed by atoms with van der Waals surface area (Å²) in [5, 5.41) is 3.18. The molecule has 0 atom stereocenters. The molecule has 1 N–H and O–H groups in total. The maximum absolute atomic E-state index is 5.91. The van der Waals surface area contributed by atoms with Crippen molar-refractivity contribution in [3.05, 3.63) is 41.6 Å². The molecule has 0 amide bonds. The van der Waals surface area contributed by atoms with Gasteiger partial charge in [-0.15, -0.1) is 11.6 Å². The number of halogens is 1. The van der Waals surface area contributed by atoms with Crippen LogP contribution in [-0.2, 0) is 5.88 Å². The summed E-state index contributed by atoms with van der Waals surface area (Å²) in [6.45, 7) is 4.41. The number of para-hydroxylation sites is 1. The number of nitrogens with zero attached hydrogens (tertiary/aromatic N) is 2. The number of aromatic nitrogens is 2. The van der Waals surface area contributed by atoms with Crippen LogP contribution < -0.4 is 10.1 Å². The van der Waals surface area contributed by atoms with Crippen LogP contribution in [0.4, 0.5) is 11.6 Å². The van der Waals surface area contributed by atoms with E-state index in [1.54, 1.807) is 0 Å². The van der Waals surface area contributed by atoms with E-state index in [1.165, 1.54) is 0 Å². The molecule has 0 aliphatic rings. The minimum Gasteiger partial charge on any atom is -0.478 e. The largest absolute Gasteiger partial charge is 0.478 e. The normalized spacial score (nSPS) is 10.3. The Morgan fingerprint density at radius 1 is 1.26 bits per heavy atom. The molecule has 4 nitrogen and oxygen atoms in total. The molecule has 0 fully saturated rings. The predicted molar refractivity (Wildman–Crippen MR) is 77.2 cm³/mol. The molecule has 19 heavy (non-hydrogen) atoms. The van der Waals surface area contributed by atoms with Gasteiger partial charge in [0.1, 0.15) is 0 Å². The summed E-state index contributed by atoms with van der Waals surface area (Å²) in [5.74, 6) is 1.52. The van der Waals surface area contributed by atoms with Gasteiger partial charge in [0.25, 0.3) is 0 Å². The van der Waals surface area contributed by atoms with Gasteiger partial charge in [-0.2, -0.15) is 4.98 Å². The number of benzene rings is 1. The molecule has 0 spiro atoms. The molecule has 1 aromatic heterocycles. The van der Waals surface area contributed by atoms with E-state index in [2.05, 4.69) is 15.3 Å². The van der Waals surface area contributed by atoms with E-state index in [1.807, 2.05) is 44.2 Å². The zero-order valence-electron chi connectivity index (χ0n) is 11.0. The highest BCUT2D eigenvalue weighted by atomic mass is 35.5. The third kappa shape index (κ3) is 3.58. The number of hydrogen-bond acceptors (Lipinski definition) is 4. The first-order valence-electron chi connectivity index (χ1n) is 6.12. The lowest BCUT2D eigenvalue weighted by Gasteiger charge is -2.10. The summed E-state index contributed by atoms with van der Waals surface area (Å²) < 4.78 is 5.40. The van der Waals surface area contributed by atoms with Gasteiger partial charge in [0.2, 0.25) is 11.8 Å². The van der Waals surface area contributed by atoms with Crippen molar-refractivity contribution in [1.29, 1.82) is 0 Å². The molecular weight excluding hydrogens is 262 g/mol. The van der Waals surface area contributed by atoms with Crippen molar-refractivity contribution in [3.8, 4) is 5.88 Å². The summed E-state index contributed by atoms with van der Waals surface area (Å²) in [4.78, 5) is 8.65. The van der Waals surface area contributed by atoms with Gasteiger partial charge in [-0.25, -0.2) is 4.98 Å². The number of ether oxygens (including phenoxy) is 1. The monoisotopic (exact) mass is 277 g/mol. The van der Waals surface area contributed by atoms with E-state index in [-0.39, 0.29) is 0 Å². The van der Waals surface area contributed by atoms with Crippen molar-refractivity contribution in [1.82, 2.24) is 9.97 Å². The summed E-state index contributed by atoms with van der Waals surface area (Å²) in [6, 6.07) is 9.61. The fourth-order valence-electron chi connectivity index (χ4n) is 1.70. The van der Waals surface area contributed by atoms with Gasteiger partial charge >= 0.3 is 0 Å². The first-order chi connectivity index (χ1) is 9.22. The molecule has 0 saturated carbocycles. The Morgan fingerprint density at radius 3 is 2.79 bits per heavy atom. The second kappa shape index (κ2) is 6.38. The van der Waals surface area contributed by atoms with Crippen molar-refractivity contribution in [2.24, 2.45) is 0 Å². The van der Waals surface area contributed by atoms with Gasteiger partial charge in [0.15, 0.2) is 0 Å². The molecule has 2 rings (SSSR count). The van der Waals surface area contributed by atoms with E-state index in [4.69, 9.17) is 16.3 Å². The minimum atomic E-state index is 0.438. The average Bonchev–Trinajstić information content (AvgIpc) is 2.39. The van der Waals surface area contributed by atoms with Crippen LogP contribution in [0.15, 0.2) is 30.3 Å². The van der Waals surface area contributed by atoms with Crippen LogP contribution in [0, 0.1) is 6.92 Å². The minimum absolute atomic E-state index is 0.438. The molecule has 0 saturated heterocycles. The van der Waals surface area contributed by atoms with Crippen LogP contribution >= 0.6 is 11.6 Å².